The number of carbonyl (C=O) groups excluding carboxylic acids is 2. The summed E-state index contributed by atoms with van der Waals surface area (Å²) in [5, 5.41) is 24.3. The van der Waals surface area contributed by atoms with E-state index in [0.717, 1.165) is 107 Å². The number of aromatic nitrogens is 1. The summed E-state index contributed by atoms with van der Waals surface area (Å²) in [6, 6.07) is 12.0. The number of carboxylic acids is 1. The minimum absolute atomic E-state index is 0.0612. The van der Waals surface area contributed by atoms with Gasteiger partial charge in [-0.05, 0) is 160 Å². The first-order valence-electron chi connectivity index (χ1n) is 23.9. The van der Waals surface area contributed by atoms with Gasteiger partial charge in [0.15, 0.2) is 0 Å². The third-order valence-corrected chi connectivity index (χ3v) is 16.7. The molecule has 16 heteroatoms. The summed E-state index contributed by atoms with van der Waals surface area (Å²) in [6.07, 6.45) is 7.71. The number of rotatable bonds is 20. The van der Waals surface area contributed by atoms with Crippen molar-refractivity contribution in [3.05, 3.63) is 64.3 Å². The highest BCUT2D eigenvalue weighted by Gasteiger charge is 2.57. The fraction of sp³-hybridized carbons (Fsp3) is 0.660. The van der Waals surface area contributed by atoms with Gasteiger partial charge in [0.25, 0.3) is 0 Å². The summed E-state index contributed by atoms with van der Waals surface area (Å²) in [4.78, 5) is 37.8. The molecule has 4 aliphatic carbocycles. The third-order valence-electron chi connectivity index (χ3n) is 15.2. The third kappa shape index (κ3) is 12.7. The van der Waals surface area contributed by atoms with Gasteiger partial charge in [0, 0.05) is 34.6 Å². The first kappa shape index (κ1) is 51.7. The Balaban J connectivity index is 0.000000330. The van der Waals surface area contributed by atoms with E-state index in [1.54, 1.807) is 6.07 Å². The number of nitrogens with one attached hydrogen (secondary N) is 2. The Morgan fingerprint density at radius 3 is 2.33 bits per heavy atom. The molecule has 1 heterocycles. The number of aryl methyl sites for hydroxylation is 1. The summed E-state index contributed by atoms with van der Waals surface area (Å²) >= 11 is -1.39. The summed E-state index contributed by atoms with van der Waals surface area (Å²) in [5.41, 5.74) is 12.1. The van der Waals surface area contributed by atoms with Crippen LogP contribution in [0.1, 0.15) is 155 Å². The lowest BCUT2D eigenvalue weighted by Gasteiger charge is -2.53. The SMILES string of the molecule is CN[C@@H]1CCc2[nH]c3ccc(C(N)=O)cc3c2C1.C[C@]12CC[C@@H]3c4ccc(OC(=O)CCC(=O)O)cc4C[C@@H](CCCCCCCCC[S+]([O-])CCCC(F)(F)C(F)(F)F)[C@H]3[C@@H]1CC[C@@H]2O. The molecule has 3 aromatic rings. The number of halogens is 5. The van der Waals surface area contributed by atoms with Crippen LogP contribution in [-0.2, 0) is 40.0 Å². The Kier molecular flexibility index (Phi) is 17.7. The van der Waals surface area contributed by atoms with Gasteiger partial charge in [-0.1, -0.05) is 56.3 Å². The minimum atomic E-state index is -5.57. The molecule has 7 rings (SSSR count). The first-order chi connectivity index (χ1) is 31.3. The number of benzene rings is 2. The number of ether oxygens (including phenoxy) is 1. The highest BCUT2D eigenvalue weighted by atomic mass is 32.2. The van der Waals surface area contributed by atoms with E-state index in [1.165, 1.54) is 22.4 Å². The molecule has 66 heavy (non-hydrogen) atoms. The average Bonchev–Trinajstić information content (AvgIpc) is 3.79. The number of fused-ring (bicyclic) bond motifs is 8. The Morgan fingerprint density at radius 1 is 0.924 bits per heavy atom. The number of hydrogen-bond acceptors (Lipinski definition) is 7. The summed E-state index contributed by atoms with van der Waals surface area (Å²) in [7, 11) is 2.00. The van der Waals surface area contributed by atoms with E-state index in [4.69, 9.17) is 15.6 Å². The number of likely N-dealkylation sites (N-methyl/N-ethyl adjacent to an activating group) is 1. The van der Waals surface area contributed by atoms with Crippen molar-refractivity contribution in [2.24, 2.45) is 28.9 Å². The van der Waals surface area contributed by atoms with Crippen LogP contribution in [0.2, 0.25) is 0 Å². The van der Waals surface area contributed by atoms with Crippen molar-refractivity contribution in [1.29, 1.82) is 0 Å². The van der Waals surface area contributed by atoms with Crippen molar-refractivity contribution in [2.45, 2.75) is 166 Å². The maximum Gasteiger partial charge on any atom is 0.453 e. The van der Waals surface area contributed by atoms with E-state index in [9.17, 15) is 46.0 Å². The largest absolute Gasteiger partial charge is 0.616 e. The number of esters is 1. The van der Waals surface area contributed by atoms with E-state index in [0.29, 0.717) is 53.2 Å². The molecular weight excluding hydrogens is 882 g/mol. The highest BCUT2D eigenvalue weighted by molar-refractivity contribution is 7.91. The zero-order chi connectivity index (χ0) is 47.8. The van der Waals surface area contributed by atoms with Crippen LogP contribution in [0, 0.1) is 23.2 Å². The van der Waals surface area contributed by atoms with Gasteiger partial charge in [-0.25, -0.2) is 0 Å². The zero-order valence-electron chi connectivity index (χ0n) is 38.3. The minimum Gasteiger partial charge on any atom is -0.616 e. The Hall–Kier alpha value is -3.73. The molecule has 0 saturated heterocycles. The quantitative estimate of drug-likeness (QED) is 0.0244. The van der Waals surface area contributed by atoms with Gasteiger partial charge in [-0.3, -0.25) is 14.4 Å². The average molecular weight is 950 g/mol. The molecule has 0 radical (unpaired) electrons. The van der Waals surface area contributed by atoms with Crippen LogP contribution in [0.25, 0.3) is 10.9 Å². The topological polar surface area (TPSA) is 178 Å². The lowest BCUT2D eigenvalue weighted by molar-refractivity contribution is -0.284. The van der Waals surface area contributed by atoms with E-state index >= 15 is 0 Å². The summed E-state index contributed by atoms with van der Waals surface area (Å²) in [5.74, 6) is -4.29. The molecule has 1 unspecified atom stereocenters. The van der Waals surface area contributed by atoms with Gasteiger partial charge in [-0.15, -0.1) is 0 Å². The van der Waals surface area contributed by atoms with Crippen LogP contribution >= 0.6 is 0 Å². The van der Waals surface area contributed by atoms with Crippen molar-refractivity contribution in [3.8, 4) is 5.75 Å². The van der Waals surface area contributed by atoms with Crippen LogP contribution in [0.5, 0.6) is 5.75 Å². The van der Waals surface area contributed by atoms with Gasteiger partial charge in [0.1, 0.15) is 17.3 Å². The van der Waals surface area contributed by atoms with E-state index in [2.05, 4.69) is 23.3 Å². The lowest BCUT2D eigenvalue weighted by atomic mass is 9.52. The zero-order valence-corrected chi connectivity index (χ0v) is 39.1. The Bertz CT molecular complexity index is 2130. The predicted octanol–water partition coefficient (Wildman–Crippen LogP) is 10.1. The molecule has 10 nitrogen and oxygen atoms in total. The molecule has 4 aliphatic rings. The standard InChI is InChI=1S/C36H51F5O6S.C14H17N3O/c1-34-19-17-28-27-12-11-26(47-32(45)16-15-31(43)44)23-25(27)22-24(33(28)29(34)13-14-30(34)42)10-7-5-3-2-4-6-8-20-48(46)21-9-18-35(37,38)36(39,40)41;1-16-9-3-5-13-11(7-9)10-6-8(14(15)18)2-4-12(10)17-13/h11-12,23-24,28-30,33,42H,2-10,13-22H2,1H3,(H,43,44);2,4,6,9,16-17H,3,5,7H2,1H3,(H2,15,18)/t24-,28-,29+,30+,33-,34+,48?;9-/m11/s1. The van der Waals surface area contributed by atoms with Crippen LogP contribution < -0.4 is 15.8 Å². The number of aliphatic hydroxyl groups excluding tert-OH is 1. The van der Waals surface area contributed by atoms with Gasteiger partial charge in [-0.2, -0.15) is 22.0 Å². The number of primary amides is 1. The number of unbranched alkanes of at least 4 members (excludes halogenated alkanes) is 6. The molecule has 0 spiro atoms. The normalized spacial score (nSPS) is 25.2. The predicted molar refractivity (Wildman–Crippen MR) is 245 cm³/mol. The fourth-order valence-electron chi connectivity index (χ4n) is 11.5. The van der Waals surface area contributed by atoms with Crippen molar-refractivity contribution in [2.75, 3.05) is 18.6 Å². The number of carbonyl (C=O) groups is 3. The molecule has 2 saturated carbocycles. The Morgan fingerprint density at radius 2 is 1.64 bits per heavy atom. The molecule has 2 aromatic carbocycles. The van der Waals surface area contributed by atoms with E-state index in [1.807, 2.05) is 31.3 Å². The molecule has 366 valence electrons. The fourth-order valence-corrected chi connectivity index (χ4v) is 12.7. The number of hydrogen-bond donors (Lipinski definition) is 5. The number of H-pyrrole nitrogens is 1. The lowest BCUT2D eigenvalue weighted by Crippen LogP contribution is -2.47. The second kappa shape index (κ2) is 22.6. The van der Waals surface area contributed by atoms with E-state index in [-0.39, 0.29) is 36.0 Å². The second-order valence-corrected chi connectivity index (χ2v) is 21.2. The van der Waals surface area contributed by atoms with Crippen LogP contribution in [0.3, 0.4) is 0 Å². The molecule has 1 aromatic heterocycles. The molecule has 8 atom stereocenters. The molecule has 0 aliphatic heterocycles. The summed E-state index contributed by atoms with van der Waals surface area (Å²) in [6.45, 7) is 2.26. The highest BCUT2D eigenvalue weighted by Crippen LogP contribution is 2.63. The molecule has 1 amide bonds. The monoisotopic (exact) mass is 949 g/mol. The second-order valence-electron chi connectivity index (χ2n) is 19.5. The smallest absolute Gasteiger partial charge is 0.453 e. The molecular formula is C50H68F5N3O7S. The van der Waals surface area contributed by atoms with Crippen molar-refractivity contribution < 1.29 is 55.8 Å². The van der Waals surface area contributed by atoms with E-state index < -0.39 is 48.1 Å². The van der Waals surface area contributed by atoms with Gasteiger partial charge < -0.3 is 35.5 Å². The number of nitrogens with two attached hydrogens (primary N) is 1. The number of aliphatic carboxylic acids is 1. The molecule has 6 N–H and O–H groups in total. The van der Waals surface area contributed by atoms with Gasteiger partial charge in [0.2, 0.25) is 5.91 Å². The van der Waals surface area contributed by atoms with Crippen molar-refractivity contribution in [3.63, 3.8) is 0 Å². The number of alkyl halides is 5. The maximum absolute atomic E-state index is 13.0. The van der Waals surface area contributed by atoms with Gasteiger partial charge in [0.05, 0.1) is 18.9 Å². The molecule has 0 bridgehead atoms. The Labute approximate surface area is 387 Å². The number of carboxylic acid groups (broad SMARTS) is 1. The first-order valence-corrected chi connectivity index (χ1v) is 25.4. The van der Waals surface area contributed by atoms with Crippen LogP contribution in [0.15, 0.2) is 36.4 Å². The molecule has 2 fully saturated rings. The number of amides is 1. The van der Waals surface area contributed by atoms with Crippen LogP contribution in [-0.4, -0.2) is 80.4 Å². The van der Waals surface area contributed by atoms with Crippen molar-refractivity contribution >= 4 is 39.9 Å². The van der Waals surface area contributed by atoms with Crippen LogP contribution in [0.4, 0.5) is 22.0 Å². The maximum atomic E-state index is 13.0. The number of aliphatic hydroxyl groups is 1. The number of aromatic amines is 1. The van der Waals surface area contributed by atoms with Gasteiger partial charge >= 0.3 is 24.0 Å². The summed E-state index contributed by atoms with van der Waals surface area (Å²) < 4.78 is 80.4. The van der Waals surface area contributed by atoms with Crippen molar-refractivity contribution in [1.82, 2.24) is 10.3 Å².